The van der Waals surface area contributed by atoms with E-state index in [4.69, 9.17) is 23.2 Å². The molecule has 0 aliphatic rings. The van der Waals surface area contributed by atoms with Crippen LogP contribution in [0, 0.1) is 18.8 Å². The van der Waals surface area contributed by atoms with Crippen LogP contribution in [0.3, 0.4) is 0 Å². The molecule has 0 aliphatic heterocycles. The largest absolute Gasteiger partial charge is 0.126 e. The molecule has 0 nitrogen and oxygen atoms in total. The van der Waals surface area contributed by atoms with Crippen LogP contribution in [-0.4, -0.2) is 5.88 Å². The topological polar surface area (TPSA) is 0 Å². The molecule has 0 saturated carbocycles. The molecular formula is C11H10Cl2. The van der Waals surface area contributed by atoms with E-state index in [0.717, 1.165) is 11.1 Å². The maximum absolute atomic E-state index is 5.97. The van der Waals surface area contributed by atoms with Crippen molar-refractivity contribution in [3.8, 4) is 11.8 Å². The molecule has 0 aromatic heterocycles. The van der Waals surface area contributed by atoms with Crippen molar-refractivity contribution in [3.63, 3.8) is 0 Å². The van der Waals surface area contributed by atoms with Crippen LogP contribution in [0.25, 0.3) is 0 Å². The normalized spacial score (nSPS) is 9.15. The molecule has 1 aromatic rings. The summed E-state index contributed by atoms with van der Waals surface area (Å²) in [5.41, 5.74) is 2.02. The Morgan fingerprint density at radius 2 is 2.15 bits per heavy atom. The minimum atomic E-state index is 0.566. The lowest BCUT2D eigenvalue weighted by Crippen LogP contribution is -1.82. The number of hydrogen-bond acceptors (Lipinski definition) is 0. The second kappa shape index (κ2) is 5.17. The Morgan fingerprint density at radius 3 is 2.77 bits per heavy atom. The van der Waals surface area contributed by atoms with Gasteiger partial charge in [-0.2, -0.15) is 0 Å². The molecule has 0 atom stereocenters. The Balaban J connectivity index is 2.95. The number of aryl methyl sites for hydroxylation is 1. The third kappa shape index (κ3) is 2.95. The van der Waals surface area contributed by atoms with Gasteiger partial charge in [-0.25, -0.2) is 0 Å². The van der Waals surface area contributed by atoms with Gasteiger partial charge in [-0.15, -0.1) is 11.6 Å². The molecule has 1 rings (SSSR count). The second-order valence-corrected chi connectivity index (χ2v) is 3.46. The van der Waals surface area contributed by atoms with Crippen molar-refractivity contribution >= 4 is 23.2 Å². The first-order valence-electron chi connectivity index (χ1n) is 4.05. The fraction of sp³-hybridized carbons (Fsp3) is 0.273. The molecule has 13 heavy (non-hydrogen) atoms. The van der Waals surface area contributed by atoms with Gasteiger partial charge in [0.2, 0.25) is 0 Å². The summed E-state index contributed by atoms with van der Waals surface area (Å²) in [4.78, 5) is 0. The minimum absolute atomic E-state index is 0.566. The molecule has 0 saturated heterocycles. The molecule has 68 valence electrons. The Labute approximate surface area is 88.9 Å². The smallest absolute Gasteiger partial charge is 0.0565 e. The van der Waals surface area contributed by atoms with Crippen LogP contribution in [0.15, 0.2) is 18.2 Å². The molecule has 0 unspecified atom stereocenters. The maximum Gasteiger partial charge on any atom is 0.0565 e. The van der Waals surface area contributed by atoms with Crippen molar-refractivity contribution in [2.24, 2.45) is 0 Å². The first-order valence-corrected chi connectivity index (χ1v) is 4.97. The zero-order valence-electron chi connectivity index (χ0n) is 7.40. The van der Waals surface area contributed by atoms with Crippen molar-refractivity contribution in [3.05, 3.63) is 34.3 Å². The van der Waals surface area contributed by atoms with Crippen LogP contribution in [0.4, 0.5) is 0 Å². The molecule has 0 aliphatic carbocycles. The Bertz CT molecular complexity index is 325. The van der Waals surface area contributed by atoms with Gasteiger partial charge < -0.3 is 0 Å². The van der Waals surface area contributed by atoms with E-state index in [2.05, 4.69) is 11.8 Å². The van der Waals surface area contributed by atoms with Gasteiger partial charge in [0, 0.05) is 17.9 Å². The lowest BCUT2D eigenvalue weighted by Gasteiger charge is -1.98. The Hall–Kier alpha value is -0.640. The molecule has 0 bridgehead atoms. The highest BCUT2D eigenvalue weighted by Crippen LogP contribution is 2.17. The summed E-state index contributed by atoms with van der Waals surface area (Å²) < 4.78 is 0. The first kappa shape index (κ1) is 10.4. The van der Waals surface area contributed by atoms with Crippen LogP contribution in [0.2, 0.25) is 5.02 Å². The molecule has 0 fully saturated rings. The predicted molar refractivity (Wildman–Crippen MR) is 58.4 cm³/mol. The average Bonchev–Trinajstić information content (AvgIpc) is 2.10. The van der Waals surface area contributed by atoms with Gasteiger partial charge in [-0.05, 0) is 18.6 Å². The summed E-state index contributed by atoms with van der Waals surface area (Å²) in [6.07, 6.45) is 0.701. The molecule has 0 amide bonds. The van der Waals surface area contributed by atoms with E-state index in [1.807, 2.05) is 25.1 Å². The van der Waals surface area contributed by atoms with Crippen LogP contribution < -0.4 is 0 Å². The van der Waals surface area contributed by atoms with Gasteiger partial charge in [0.25, 0.3) is 0 Å². The number of alkyl halides is 1. The van der Waals surface area contributed by atoms with Crippen LogP contribution in [-0.2, 0) is 0 Å². The fourth-order valence-corrected chi connectivity index (χ4v) is 1.35. The monoisotopic (exact) mass is 212 g/mol. The van der Waals surface area contributed by atoms with E-state index >= 15 is 0 Å². The third-order valence-corrected chi connectivity index (χ3v) is 2.16. The third-order valence-electron chi connectivity index (χ3n) is 1.65. The van der Waals surface area contributed by atoms with Crippen molar-refractivity contribution < 1.29 is 0 Å². The maximum atomic E-state index is 5.97. The van der Waals surface area contributed by atoms with E-state index in [1.165, 1.54) is 0 Å². The molecule has 0 N–H and O–H groups in total. The lowest BCUT2D eigenvalue weighted by atomic mass is 10.1. The standard InChI is InChI=1S/C11H10Cl2/c1-9-5-4-7-11(13)10(9)6-2-3-8-12/h4-5,7H,3,8H2,1H3. The van der Waals surface area contributed by atoms with E-state index in [-0.39, 0.29) is 0 Å². The molecule has 0 heterocycles. The summed E-state index contributed by atoms with van der Waals surface area (Å²) in [6.45, 7) is 2.00. The number of halogens is 2. The van der Waals surface area contributed by atoms with Crippen molar-refractivity contribution in [1.82, 2.24) is 0 Å². The zero-order valence-corrected chi connectivity index (χ0v) is 8.91. The van der Waals surface area contributed by atoms with Gasteiger partial charge >= 0.3 is 0 Å². The second-order valence-electron chi connectivity index (χ2n) is 2.67. The minimum Gasteiger partial charge on any atom is -0.126 e. The number of hydrogen-bond donors (Lipinski definition) is 0. The quantitative estimate of drug-likeness (QED) is 0.493. The fourth-order valence-electron chi connectivity index (χ4n) is 0.988. The summed E-state index contributed by atoms with van der Waals surface area (Å²) in [6, 6.07) is 5.76. The van der Waals surface area contributed by atoms with Crippen LogP contribution in [0.1, 0.15) is 17.5 Å². The highest BCUT2D eigenvalue weighted by Gasteiger charge is 1.98. The summed E-state index contributed by atoms with van der Waals surface area (Å²) in [5, 5.41) is 0.710. The van der Waals surface area contributed by atoms with Crippen LogP contribution in [0.5, 0.6) is 0 Å². The predicted octanol–water partition coefficient (Wildman–Crippen LogP) is 3.63. The van der Waals surface area contributed by atoms with Crippen molar-refractivity contribution in [1.29, 1.82) is 0 Å². The summed E-state index contributed by atoms with van der Waals surface area (Å²) in [7, 11) is 0. The van der Waals surface area contributed by atoms with Crippen molar-refractivity contribution in [2.45, 2.75) is 13.3 Å². The van der Waals surface area contributed by atoms with E-state index in [0.29, 0.717) is 17.3 Å². The Morgan fingerprint density at radius 1 is 1.38 bits per heavy atom. The summed E-state index contributed by atoms with van der Waals surface area (Å²) in [5.74, 6) is 6.55. The molecule has 2 heteroatoms. The van der Waals surface area contributed by atoms with Gasteiger partial charge in [0.15, 0.2) is 0 Å². The van der Waals surface area contributed by atoms with E-state index < -0.39 is 0 Å². The number of rotatable bonds is 1. The van der Waals surface area contributed by atoms with Crippen LogP contribution >= 0.6 is 23.2 Å². The zero-order chi connectivity index (χ0) is 9.68. The number of benzene rings is 1. The molecule has 0 radical (unpaired) electrons. The molecule has 0 spiro atoms. The summed E-state index contributed by atoms with van der Waals surface area (Å²) >= 11 is 11.5. The van der Waals surface area contributed by atoms with Crippen molar-refractivity contribution in [2.75, 3.05) is 5.88 Å². The first-order chi connectivity index (χ1) is 6.25. The Kier molecular flexibility index (Phi) is 4.15. The lowest BCUT2D eigenvalue weighted by molar-refractivity contribution is 1.29. The van der Waals surface area contributed by atoms with E-state index in [1.54, 1.807) is 0 Å². The van der Waals surface area contributed by atoms with Gasteiger partial charge in [-0.3, -0.25) is 0 Å². The van der Waals surface area contributed by atoms with Gasteiger partial charge in [0.05, 0.1) is 5.02 Å². The van der Waals surface area contributed by atoms with Gasteiger partial charge in [0.1, 0.15) is 0 Å². The molecule has 1 aromatic carbocycles. The highest BCUT2D eigenvalue weighted by atomic mass is 35.5. The SMILES string of the molecule is Cc1cccc(Cl)c1C#CCCCl. The highest BCUT2D eigenvalue weighted by molar-refractivity contribution is 6.31. The average molecular weight is 213 g/mol. The molecular weight excluding hydrogens is 203 g/mol. The van der Waals surface area contributed by atoms with E-state index in [9.17, 15) is 0 Å². The van der Waals surface area contributed by atoms with Gasteiger partial charge in [-0.1, -0.05) is 35.6 Å².